The Hall–Kier alpha value is -1.98. The summed E-state index contributed by atoms with van der Waals surface area (Å²) in [5.41, 5.74) is 0.834. The van der Waals surface area contributed by atoms with Crippen molar-refractivity contribution in [2.24, 2.45) is 0 Å². The van der Waals surface area contributed by atoms with E-state index in [-0.39, 0.29) is 29.0 Å². The lowest BCUT2D eigenvalue weighted by Crippen LogP contribution is -2.37. The summed E-state index contributed by atoms with van der Waals surface area (Å²) >= 11 is 0. The molecule has 2 heterocycles. The first-order valence-corrected chi connectivity index (χ1v) is 15.6. The van der Waals surface area contributed by atoms with Crippen LogP contribution in [0.5, 0.6) is 5.75 Å². The van der Waals surface area contributed by atoms with Crippen LogP contribution in [0.3, 0.4) is 0 Å². The minimum Gasteiger partial charge on any atom is -0.494 e. The van der Waals surface area contributed by atoms with E-state index in [4.69, 9.17) is 9.47 Å². The molecular weight excluding hydrogens is 500 g/mol. The average Bonchev–Trinajstić information content (AvgIpc) is 3.23. The number of sulfonamides is 2. The second kappa shape index (κ2) is 12.0. The largest absolute Gasteiger partial charge is 0.494 e. The molecule has 0 unspecified atom stereocenters. The molecule has 2 aliphatic heterocycles. The Morgan fingerprint density at radius 2 is 1.53 bits per heavy atom. The van der Waals surface area contributed by atoms with Gasteiger partial charge in [-0.25, -0.2) is 16.8 Å². The first-order valence-electron chi connectivity index (χ1n) is 12.7. The summed E-state index contributed by atoms with van der Waals surface area (Å²) in [5.74, 6) is 0.732. The van der Waals surface area contributed by atoms with Gasteiger partial charge in [-0.1, -0.05) is 25.0 Å². The van der Waals surface area contributed by atoms with Gasteiger partial charge in [0, 0.05) is 32.8 Å². The normalized spacial score (nSPS) is 19.9. The third-order valence-electron chi connectivity index (χ3n) is 6.69. The fourth-order valence-corrected chi connectivity index (χ4v) is 7.67. The van der Waals surface area contributed by atoms with Gasteiger partial charge in [0.1, 0.15) is 5.75 Å². The van der Waals surface area contributed by atoms with Crippen molar-refractivity contribution in [2.45, 2.75) is 67.9 Å². The van der Waals surface area contributed by atoms with Gasteiger partial charge in [0.25, 0.3) is 0 Å². The summed E-state index contributed by atoms with van der Waals surface area (Å²) in [6.45, 7) is 4.52. The van der Waals surface area contributed by atoms with Crippen LogP contribution in [0.25, 0.3) is 0 Å². The lowest BCUT2D eigenvalue weighted by molar-refractivity contribution is 0.0926. The Balaban J connectivity index is 1.56. The fourth-order valence-electron chi connectivity index (χ4n) is 4.69. The molecule has 0 radical (unpaired) electrons. The highest BCUT2D eigenvalue weighted by Gasteiger charge is 2.31. The Labute approximate surface area is 215 Å². The monoisotopic (exact) mass is 536 g/mol. The smallest absolute Gasteiger partial charge is 0.243 e. The van der Waals surface area contributed by atoms with Crippen LogP contribution in [-0.2, 0) is 31.3 Å². The van der Waals surface area contributed by atoms with Crippen molar-refractivity contribution in [1.82, 2.24) is 8.61 Å². The summed E-state index contributed by atoms with van der Waals surface area (Å²) in [7, 11) is -7.54. The Kier molecular flexibility index (Phi) is 9.05. The summed E-state index contributed by atoms with van der Waals surface area (Å²) in [6.07, 6.45) is 5.29. The second-order valence-electron chi connectivity index (χ2n) is 9.30. The van der Waals surface area contributed by atoms with Gasteiger partial charge in [0.15, 0.2) is 0 Å². The molecule has 2 aromatic rings. The van der Waals surface area contributed by atoms with Gasteiger partial charge in [-0.3, -0.25) is 0 Å². The maximum atomic E-state index is 13.7. The maximum Gasteiger partial charge on any atom is 0.243 e. The molecule has 0 bridgehead atoms. The molecule has 1 atom stereocenters. The molecule has 2 aliphatic rings. The van der Waals surface area contributed by atoms with Crippen LogP contribution in [0.1, 0.15) is 51.0 Å². The fraction of sp³-hybridized carbons (Fsp3) is 0.538. The molecule has 0 saturated carbocycles. The molecule has 36 heavy (non-hydrogen) atoms. The third kappa shape index (κ3) is 6.47. The zero-order valence-electron chi connectivity index (χ0n) is 20.8. The van der Waals surface area contributed by atoms with E-state index < -0.39 is 20.0 Å². The first-order chi connectivity index (χ1) is 17.3. The zero-order chi connectivity index (χ0) is 25.6. The molecule has 0 aliphatic carbocycles. The lowest BCUT2D eigenvalue weighted by Gasteiger charge is -2.25. The van der Waals surface area contributed by atoms with Crippen LogP contribution in [-0.4, -0.2) is 64.4 Å². The van der Waals surface area contributed by atoms with Crippen molar-refractivity contribution in [3.05, 3.63) is 54.1 Å². The highest BCUT2D eigenvalue weighted by molar-refractivity contribution is 7.89. The highest BCUT2D eigenvalue weighted by atomic mass is 32.2. The molecule has 2 saturated heterocycles. The van der Waals surface area contributed by atoms with E-state index in [1.807, 2.05) is 31.2 Å². The molecule has 0 amide bonds. The van der Waals surface area contributed by atoms with Crippen LogP contribution in [0.4, 0.5) is 0 Å². The average molecular weight is 537 g/mol. The van der Waals surface area contributed by atoms with E-state index in [1.54, 1.807) is 0 Å². The Morgan fingerprint density at radius 1 is 0.889 bits per heavy atom. The van der Waals surface area contributed by atoms with Crippen molar-refractivity contribution >= 4 is 20.0 Å². The Bertz CT molecular complexity index is 1180. The summed E-state index contributed by atoms with van der Waals surface area (Å²) < 4.78 is 67.8. The van der Waals surface area contributed by atoms with Crippen LogP contribution in [0.2, 0.25) is 0 Å². The number of benzene rings is 2. The van der Waals surface area contributed by atoms with Gasteiger partial charge >= 0.3 is 0 Å². The van der Waals surface area contributed by atoms with Gasteiger partial charge in [-0.2, -0.15) is 8.61 Å². The number of nitrogens with zero attached hydrogens (tertiary/aromatic N) is 2. The second-order valence-corrected chi connectivity index (χ2v) is 13.2. The minimum atomic E-state index is -3.89. The van der Waals surface area contributed by atoms with E-state index in [0.29, 0.717) is 26.3 Å². The molecule has 0 spiro atoms. The summed E-state index contributed by atoms with van der Waals surface area (Å²) in [6, 6.07) is 13.0. The van der Waals surface area contributed by atoms with E-state index >= 15 is 0 Å². The molecular formula is C26H36N2O6S2. The van der Waals surface area contributed by atoms with Crippen LogP contribution < -0.4 is 4.74 Å². The summed E-state index contributed by atoms with van der Waals surface area (Å²) in [4.78, 5) is 0.196. The van der Waals surface area contributed by atoms with Crippen LogP contribution in [0.15, 0.2) is 58.3 Å². The SMILES string of the molecule is CCOc1ccc(CN(C[C@H]2CCCO2)S(=O)(=O)c2ccc(S(=O)(=O)N3CCCCCC3)cc2)cc1. The van der Waals surface area contributed by atoms with Crippen molar-refractivity contribution in [2.75, 3.05) is 32.8 Å². The predicted octanol–water partition coefficient (Wildman–Crippen LogP) is 4.02. The zero-order valence-corrected chi connectivity index (χ0v) is 22.5. The van der Waals surface area contributed by atoms with Gasteiger partial charge in [0.05, 0.1) is 22.5 Å². The molecule has 198 valence electrons. The number of ether oxygens (including phenoxy) is 2. The quantitative estimate of drug-likeness (QED) is 0.455. The van der Waals surface area contributed by atoms with E-state index in [2.05, 4.69) is 0 Å². The molecule has 8 nitrogen and oxygen atoms in total. The van der Waals surface area contributed by atoms with Crippen molar-refractivity contribution in [3.63, 3.8) is 0 Å². The van der Waals surface area contributed by atoms with Gasteiger partial charge in [0.2, 0.25) is 20.0 Å². The number of hydrogen-bond donors (Lipinski definition) is 0. The summed E-state index contributed by atoms with van der Waals surface area (Å²) in [5, 5.41) is 0. The van der Waals surface area contributed by atoms with E-state index in [0.717, 1.165) is 49.8 Å². The topological polar surface area (TPSA) is 93.2 Å². The van der Waals surface area contributed by atoms with Crippen molar-refractivity contribution in [3.8, 4) is 5.75 Å². The molecule has 2 fully saturated rings. The van der Waals surface area contributed by atoms with Crippen molar-refractivity contribution in [1.29, 1.82) is 0 Å². The molecule has 10 heteroatoms. The molecule has 2 aromatic carbocycles. The van der Waals surface area contributed by atoms with Gasteiger partial charge in [-0.05, 0) is 74.6 Å². The highest BCUT2D eigenvalue weighted by Crippen LogP contribution is 2.26. The van der Waals surface area contributed by atoms with Crippen LogP contribution >= 0.6 is 0 Å². The van der Waals surface area contributed by atoms with Gasteiger partial charge in [-0.15, -0.1) is 0 Å². The third-order valence-corrected chi connectivity index (χ3v) is 10.4. The molecule has 0 aromatic heterocycles. The predicted molar refractivity (Wildman–Crippen MR) is 138 cm³/mol. The lowest BCUT2D eigenvalue weighted by atomic mass is 10.2. The van der Waals surface area contributed by atoms with Crippen LogP contribution in [0, 0.1) is 0 Å². The maximum absolute atomic E-state index is 13.7. The van der Waals surface area contributed by atoms with E-state index in [9.17, 15) is 16.8 Å². The van der Waals surface area contributed by atoms with Crippen molar-refractivity contribution < 1.29 is 26.3 Å². The standard InChI is InChI=1S/C26H36N2O6S2/c1-2-33-23-11-9-22(10-12-23)20-28(21-24-8-7-19-34-24)36(31,32)26-15-13-25(14-16-26)35(29,30)27-17-5-3-4-6-18-27/h9-16,24H,2-8,17-21H2,1H3/t24-/m1/s1. The number of hydrogen-bond acceptors (Lipinski definition) is 6. The van der Waals surface area contributed by atoms with E-state index in [1.165, 1.54) is 32.9 Å². The minimum absolute atomic E-state index is 0.0706. The molecule has 0 N–H and O–H groups in total. The molecule has 4 rings (SSSR count). The first kappa shape index (κ1) is 27.1. The van der Waals surface area contributed by atoms with Gasteiger partial charge < -0.3 is 9.47 Å². The number of rotatable bonds is 10. The Morgan fingerprint density at radius 3 is 2.11 bits per heavy atom.